The van der Waals surface area contributed by atoms with E-state index in [2.05, 4.69) is 11.3 Å². The summed E-state index contributed by atoms with van der Waals surface area (Å²) in [4.78, 5) is 11.1. The molecule has 1 heterocycles. The quantitative estimate of drug-likeness (QED) is 0.314. The van der Waals surface area contributed by atoms with Crippen molar-refractivity contribution in [2.45, 2.75) is 18.3 Å². The number of rotatable bonds is 8. The lowest BCUT2D eigenvalue weighted by Crippen LogP contribution is -2.33. The van der Waals surface area contributed by atoms with E-state index < -0.39 is 36.6 Å². The second-order valence-electron chi connectivity index (χ2n) is 3.75. The summed E-state index contributed by atoms with van der Waals surface area (Å²) in [5, 5.41) is 37.1. The van der Waals surface area contributed by atoms with Crippen molar-refractivity contribution in [2.75, 3.05) is 19.8 Å². The molecule has 4 N–H and O–H groups in total. The van der Waals surface area contributed by atoms with Crippen LogP contribution in [0.25, 0.3) is 0 Å². The van der Waals surface area contributed by atoms with Gasteiger partial charge < -0.3 is 34.6 Å². The molecule has 8 heteroatoms. The van der Waals surface area contributed by atoms with Gasteiger partial charge in [0.1, 0.15) is 25.4 Å². The first kappa shape index (κ1) is 15.3. The highest BCUT2D eigenvalue weighted by atomic mass is 16.6. The molecule has 1 rings (SSSR count). The first-order valence-electron chi connectivity index (χ1n) is 5.47. The van der Waals surface area contributed by atoms with Crippen LogP contribution in [0.15, 0.2) is 24.4 Å². The summed E-state index contributed by atoms with van der Waals surface area (Å²) < 4.78 is 14.4. The molecule has 0 aromatic heterocycles. The lowest BCUT2D eigenvalue weighted by Gasteiger charge is -2.19. The van der Waals surface area contributed by atoms with E-state index >= 15 is 0 Å². The standard InChI is InChI=1S/C11H16O8/c1-2-17-4-6(13)5-18-10-8(15)11(16)19-9(10)7(14)3-12/h2,6-7,9,12-15H,1,3-5H2/t6?,7-,9+/m0/s1. The normalized spacial score (nSPS) is 21.8. The van der Waals surface area contributed by atoms with Gasteiger partial charge in [-0.1, -0.05) is 6.58 Å². The third kappa shape index (κ3) is 3.85. The molecule has 1 aliphatic heterocycles. The Bertz CT molecular complexity index is 364. The van der Waals surface area contributed by atoms with Gasteiger partial charge in [-0.25, -0.2) is 4.79 Å². The lowest BCUT2D eigenvalue weighted by atomic mass is 10.2. The van der Waals surface area contributed by atoms with Gasteiger partial charge in [0.2, 0.25) is 5.76 Å². The van der Waals surface area contributed by atoms with Crippen LogP contribution in [0.5, 0.6) is 0 Å². The summed E-state index contributed by atoms with van der Waals surface area (Å²) in [7, 11) is 0. The zero-order valence-electron chi connectivity index (χ0n) is 10.1. The van der Waals surface area contributed by atoms with Gasteiger partial charge in [0.25, 0.3) is 0 Å². The average molecular weight is 276 g/mol. The maximum Gasteiger partial charge on any atom is 0.378 e. The molecule has 0 spiro atoms. The van der Waals surface area contributed by atoms with Gasteiger partial charge in [0.15, 0.2) is 11.9 Å². The van der Waals surface area contributed by atoms with E-state index in [0.29, 0.717) is 0 Å². The Labute approximate surface area is 109 Å². The topological polar surface area (TPSA) is 126 Å². The van der Waals surface area contributed by atoms with Crippen LogP contribution in [0, 0.1) is 0 Å². The maximum atomic E-state index is 11.1. The predicted molar refractivity (Wildman–Crippen MR) is 60.7 cm³/mol. The van der Waals surface area contributed by atoms with Crippen molar-refractivity contribution in [3.8, 4) is 0 Å². The van der Waals surface area contributed by atoms with Crippen LogP contribution in [-0.2, 0) is 19.0 Å². The van der Waals surface area contributed by atoms with E-state index in [1.54, 1.807) is 0 Å². The SMILES string of the molecule is C=COCC(O)COC1=C(O)C(=O)O[C@@H]1[C@@H](O)CO. The minimum Gasteiger partial charge on any atom is -0.499 e. The molecule has 19 heavy (non-hydrogen) atoms. The fraction of sp³-hybridized carbons (Fsp3) is 0.545. The molecule has 1 unspecified atom stereocenters. The molecule has 8 nitrogen and oxygen atoms in total. The summed E-state index contributed by atoms with van der Waals surface area (Å²) in [6.07, 6.45) is -2.61. The monoisotopic (exact) mass is 276 g/mol. The third-order valence-corrected chi connectivity index (χ3v) is 2.29. The molecule has 108 valence electrons. The third-order valence-electron chi connectivity index (χ3n) is 2.29. The number of carbonyl (C=O) groups excluding carboxylic acids is 1. The van der Waals surface area contributed by atoms with E-state index in [0.717, 1.165) is 6.26 Å². The van der Waals surface area contributed by atoms with E-state index in [9.17, 15) is 20.1 Å². The number of hydrogen-bond donors (Lipinski definition) is 4. The van der Waals surface area contributed by atoms with Crippen molar-refractivity contribution in [3.63, 3.8) is 0 Å². The van der Waals surface area contributed by atoms with Crippen molar-refractivity contribution < 1.29 is 39.4 Å². The number of ether oxygens (including phenoxy) is 3. The number of aliphatic hydroxyl groups excluding tert-OH is 4. The molecule has 0 saturated heterocycles. The molecule has 0 amide bonds. The lowest BCUT2D eigenvalue weighted by molar-refractivity contribution is -0.148. The summed E-state index contributed by atoms with van der Waals surface area (Å²) in [5.41, 5.74) is 0. The van der Waals surface area contributed by atoms with Gasteiger partial charge in [-0.15, -0.1) is 0 Å². The smallest absolute Gasteiger partial charge is 0.378 e. The Morgan fingerprint density at radius 2 is 2.11 bits per heavy atom. The van der Waals surface area contributed by atoms with Gasteiger partial charge in [0, 0.05) is 0 Å². The number of aliphatic hydroxyl groups is 4. The highest BCUT2D eigenvalue weighted by Crippen LogP contribution is 2.24. The Hall–Kier alpha value is -1.77. The zero-order valence-corrected chi connectivity index (χ0v) is 10.1. The predicted octanol–water partition coefficient (Wildman–Crippen LogP) is -1.43. The molecular formula is C11H16O8. The molecule has 1 aliphatic rings. The first-order valence-corrected chi connectivity index (χ1v) is 5.47. The molecule has 0 aliphatic carbocycles. The Morgan fingerprint density at radius 3 is 2.68 bits per heavy atom. The van der Waals surface area contributed by atoms with Crippen LogP contribution >= 0.6 is 0 Å². The Kier molecular flexibility index (Phi) is 5.61. The van der Waals surface area contributed by atoms with Gasteiger partial charge in [-0.2, -0.15) is 0 Å². The molecular weight excluding hydrogens is 260 g/mol. The highest BCUT2D eigenvalue weighted by molar-refractivity contribution is 5.89. The van der Waals surface area contributed by atoms with Crippen LogP contribution in [0.3, 0.4) is 0 Å². The Balaban J connectivity index is 2.61. The van der Waals surface area contributed by atoms with Crippen LogP contribution in [0.1, 0.15) is 0 Å². The van der Waals surface area contributed by atoms with Crippen molar-refractivity contribution in [1.29, 1.82) is 0 Å². The summed E-state index contributed by atoms with van der Waals surface area (Å²) in [6.45, 7) is 2.23. The summed E-state index contributed by atoms with van der Waals surface area (Å²) in [5.74, 6) is -2.19. The fourth-order valence-corrected chi connectivity index (χ4v) is 1.37. The highest BCUT2D eigenvalue weighted by Gasteiger charge is 2.40. The van der Waals surface area contributed by atoms with Crippen molar-refractivity contribution in [2.24, 2.45) is 0 Å². The van der Waals surface area contributed by atoms with E-state index in [1.807, 2.05) is 0 Å². The van der Waals surface area contributed by atoms with Crippen LogP contribution in [0.4, 0.5) is 0 Å². The number of hydrogen-bond acceptors (Lipinski definition) is 8. The van der Waals surface area contributed by atoms with Gasteiger partial charge in [-0.05, 0) is 0 Å². The van der Waals surface area contributed by atoms with E-state index in [1.165, 1.54) is 0 Å². The van der Waals surface area contributed by atoms with Gasteiger partial charge in [-0.3, -0.25) is 0 Å². The minimum atomic E-state index is -1.43. The van der Waals surface area contributed by atoms with Crippen molar-refractivity contribution in [3.05, 3.63) is 24.4 Å². The number of esters is 1. The van der Waals surface area contributed by atoms with Crippen LogP contribution in [-0.4, -0.2) is 64.5 Å². The second kappa shape index (κ2) is 6.98. The Morgan fingerprint density at radius 1 is 1.42 bits per heavy atom. The van der Waals surface area contributed by atoms with Gasteiger partial charge in [0.05, 0.1) is 12.9 Å². The number of carbonyl (C=O) groups is 1. The van der Waals surface area contributed by atoms with E-state index in [-0.39, 0.29) is 19.0 Å². The molecule has 0 aromatic carbocycles. The van der Waals surface area contributed by atoms with Gasteiger partial charge >= 0.3 is 5.97 Å². The molecule has 0 aromatic rings. The molecule has 0 radical (unpaired) electrons. The molecule has 0 fully saturated rings. The van der Waals surface area contributed by atoms with Crippen molar-refractivity contribution in [1.82, 2.24) is 0 Å². The zero-order chi connectivity index (χ0) is 14.4. The average Bonchev–Trinajstić information content (AvgIpc) is 2.69. The largest absolute Gasteiger partial charge is 0.499 e. The van der Waals surface area contributed by atoms with E-state index in [4.69, 9.17) is 14.6 Å². The second-order valence-corrected chi connectivity index (χ2v) is 3.75. The van der Waals surface area contributed by atoms with Crippen LogP contribution in [0.2, 0.25) is 0 Å². The molecule has 0 saturated carbocycles. The minimum absolute atomic E-state index is 0.0838. The fourth-order valence-electron chi connectivity index (χ4n) is 1.37. The summed E-state index contributed by atoms with van der Waals surface area (Å²) >= 11 is 0. The first-order chi connectivity index (χ1) is 9.01. The molecule has 3 atom stereocenters. The molecule has 0 bridgehead atoms. The summed E-state index contributed by atoms with van der Waals surface area (Å²) in [6, 6.07) is 0. The van der Waals surface area contributed by atoms with Crippen molar-refractivity contribution >= 4 is 5.97 Å². The maximum absolute atomic E-state index is 11.1. The van der Waals surface area contributed by atoms with Crippen LogP contribution < -0.4 is 0 Å². The number of cyclic esters (lactones) is 1.